The maximum Gasteiger partial charge on any atom is 0.251 e. The highest BCUT2D eigenvalue weighted by Crippen LogP contribution is 2.27. The molecule has 2 aromatic rings. The average Bonchev–Trinajstić information content (AvgIpc) is 3.37. The van der Waals surface area contributed by atoms with Crippen molar-refractivity contribution in [3.05, 3.63) is 59.7 Å². The van der Waals surface area contributed by atoms with E-state index in [1.165, 1.54) is 12.8 Å². The van der Waals surface area contributed by atoms with Gasteiger partial charge in [0, 0.05) is 17.7 Å². The summed E-state index contributed by atoms with van der Waals surface area (Å²) in [6.45, 7) is 0.760. The van der Waals surface area contributed by atoms with Gasteiger partial charge in [-0.15, -0.1) is 0 Å². The molecule has 0 aliphatic heterocycles. The molecule has 0 heterocycles. The van der Waals surface area contributed by atoms with Crippen LogP contribution in [0, 0.1) is 5.92 Å². The summed E-state index contributed by atoms with van der Waals surface area (Å²) in [7, 11) is 0. The van der Waals surface area contributed by atoms with Crippen molar-refractivity contribution in [2.45, 2.75) is 12.8 Å². The first-order valence-electron chi connectivity index (χ1n) is 7.42. The van der Waals surface area contributed by atoms with E-state index in [4.69, 9.17) is 5.73 Å². The van der Waals surface area contributed by atoms with Crippen LogP contribution in [-0.4, -0.2) is 18.4 Å². The summed E-state index contributed by atoms with van der Waals surface area (Å²) in [5, 5.41) is 2.96. The zero-order chi connectivity index (χ0) is 15.5. The molecule has 22 heavy (non-hydrogen) atoms. The first-order chi connectivity index (χ1) is 10.6. The molecule has 0 radical (unpaired) electrons. The molecule has 3 rings (SSSR count). The lowest BCUT2D eigenvalue weighted by molar-refractivity contribution is 0.0950. The van der Waals surface area contributed by atoms with Crippen molar-refractivity contribution in [2.75, 3.05) is 6.54 Å². The topological polar surface area (TPSA) is 72.2 Å². The monoisotopic (exact) mass is 294 g/mol. The molecular weight excluding hydrogens is 276 g/mol. The number of primary amides is 1. The van der Waals surface area contributed by atoms with Crippen LogP contribution in [0.4, 0.5) is 0 Å². The van der Waals surface area contributed by atoms with Gasteiger partial charge in [0.15, 0.2) is 0 Å². The molecule has 0 aromatic heterocycles. The second-order valence-electron chi connectivity index (χ2n) is 5.68. The number of nitrogens with one attached hydrogen (secondary N) is 1. The number of carbonyl (C=O) groups is 2. The fourth-order valence-corrected chi connectivity index (χ4v) is 2.33. The van der Waals surface area contributed by atoms with Crippen LogP contribution in [-0.2, 0) is 0 Å². The Kier molecular flexibility index (Phi) is 3.92. The van der Waals surface area contributed by atoms with Crippen molar-refractivity contribution >= 4 is 11.8 Å². The number of nitrogens with two attached hydrogens (primary N) is 1. The first kappa shape index (κ1) is 14.3. The summed E-state index contributed by atoms with van der Waals surface area (Å²) in [5.74, 6) is 0.177. The summed E-state index contributed by atoms with van der Waals surface area (Å²) in [4.78, 5) is 23.2. The summed E-state index contributed by atoms with van der Waals surface area (Å²) >= 11 is 0. The average molecular weight is 294 g/mol. The molecule has 0 bridgehead atoms. The van der Waals surface area contributed by atoms with Crippen molar-refractivity contribution in [1.29, 1.82) is 0 Å². The quantitative estimate of drug-likeness (QED) is 0.889. The van der Waals surface area contributed by atoms with Crippen LogP contribution in [0.1, 0.15) is 33.6 Å². The van der Waals surface area contributed by atoms with Crippen LogP contribution >= 0.6 is 0 Å². The van der Waals surface area contributed by atoms with Crippen LogP contribution in [0.2, 0.25) is 0 Å². The molecule has 0 atom stereocenters. The van der Waals surface area contributed by atoms with Crippen molar-refractivity contribution in [1.82, 2.24) is 5.32 Å². The summed E-state index contributed by atoms with van der Waals surface area (Å²) in [6.07, 6.45) is 2.43. The lowest BCUT2D eigenvalue weighted by Crippen LogP contribution is -2.25. The SMILES string of the molecule is NC(=O)c1ccc(-c2cccc(C(=O)NCC3CC3)c2)cc1. The van der Waals surface area contributed by atoms with E-state index in [9.17, 15) is 9.59 Å². The third-order valence-corrected chi connectivity index (χ3v) is 3.88. The maximum absolute atomic E-state index is 12.1. The molecule has 4 nitrogen and oxygen atoms in total. The Hall–Kier alpha value is -2.62. The molecule has 4 heteroatoms. The van der Waals surface area contributed by atoms with Crippen molar-refractivity contribution < 1.29 is 9.59 Å². The summed E-state index contributed by atoms with van der Waals surface area (Å²) in [5.41, 5.74) is 8.25. The van der Waals surface area contributed by atoms with Gasteiger partial charge in [0.1, 0.15) is 0 Å². The normalized spacial score (nSPS) is 13.6. The van der Waals surface area contributed by atoms with Gasteiger partial charge in [-0.25, -0.2) is 0 Å². The summed E-state index contributed by atoms with van der Waals surface area (Å²) in [6, 6.07) is 14.5. The van der Waals surface area contributed by atoms with Crippen LogP contribution in [0.15, 0.2) is 48.5 Å². The number of hydrogen-bond donors (Lipinski definition) is 2. The number of benzene rings is 2. The Bertz CT molecular complexity index is 703. The Balaban J connectivity index is 1.77. The van der Waals surface area contributed by atoms with Gasteiger partial charge in [0.2, 0.25) is 5.91 Å². The van der Waals surface area contributed by atoms with Gasteiger partial charge >= 0.3 is 0 Å². The molecule has 2 aromatic carbocycles. The first-order valence-corrected chi connectivity index (χ1v) is 7.42. The lowest BCUT2D eigenvalue weighted by Gasteiger charge is -2.07. The van der Waals surface area contributed by atoms with E-state index in [0.29, 0.717) is 17.0 Å². The van der Waals surface area contributed by atoms with Gasteiger partial charge in [-0.2, -0.15) is 0 Å². The van der Waals surface area contributed by atoms with Gasteiger partial charge in [-0.05, 0) is 54.2 Å². The molecule has 3 N–H and O–H groups in total. The van der Waals surface area contributed by atoms with Crippen LogP contribution in [0.3, 0.4) is 0 Å². The van der Waals surface area contributed by atoms with Gasteiger partial charge < -0.3 is 11.1 Å². The van der Waals surface area contributed by atoms with Gasteiger partial charge in [-0.3, -0.25) is 9.59 Å². The number of rotatable bonds is 5. The maximum atomic E-state index is 12.1. The molecule has 1 aliphatic rings. The Morgan fingerprint density at radius 3 is 2.36 bits per heavy atom. The molecule has 2 amide bonds. The highest BCUT2D eigenvalue weighted by atomic mass is 16.2. The van der Waals surface area contributed by atoms with Crippen molar-refractivity contribution in [2.24, 2.45) is 11.7 Å². The lowest BCUT2D eigenvalue weighted by atomic mass is 10.0. The molecule has 1 fully saturated rings. The van der Waals surface area contributed by atoms with Gasteiger partial charge in [-0.1, -0.05) is 24.3 Å². The Morgan fingerprint density at radius 2 is 1.73 bits per heavy atom. The zero-order valence-electron chi connectivity index (χ0n) is 12.2. The molecular formula is C18H18N2O2. The smallest absolute Gasteiger partial charge is 0.251 e. The molecule has 112 valence electrons. The standard InChI is InChI=1S/C18H18N2O2/c19-17(21)14-8-6-13(7-9-14)15-2-1-3-16(10-15)18(22)20-11-12-4-5-12/h1-3,6-10,12H,4-5,11H2,(H2,19,21)(H,20,22). The highest BCUT2D eigenvalue weighted by molar-refractivity contribution is 5.96. The highest BCUT2D eigenvalue weighted by Gasteiger charge is 2.21. The van der Waals surface area contributed by atoms with Crippen LogP contribution in [0.5, 0.6) is 0 Å². The van der Waals surface area contributed by atoms with Gasteiger partial charge in [0.25, 0.3) is 5.91 Å². The minimum Gasteiger partial charge on any atom is -0.366 e. The van der Waals surface area contributed by atoms with Crippen molar-refractivity contribution in [3.8, 4) is 11.1 Å². The Morgan fingerprint density at radius 1 is 1.00 bits per heavy atom. The third-order valence-electron chi connectivity index (χ3n) is 3.88. The molecule has 1 aliphatic carbocycles. The second-order valence-corrected chi connectivity index (χ2v) is 5.68. The molecule has 0 spiro atoms. The van der Waals surface area contributed by atoms with Crippen LogP contribution in [0.25, 0.3) is 11.1 Å². The fraction of sp³-hybridized carbons (Fsp3) is 0.222. The van der Waals surface area contributed by atoms with Crippen molar-refractivity contribution in [3.63, 3.8) is 0 Å². The largest absolute Gasteiger partial charge is 0.366 e. The van der Waals surface area contributed by atoms with E-state index in [0.717, 1.165) is 17.7 Å². The number of amides is 2. The molecule has 0 unspecified atom stereocenters. The molecule has 1 saturated carbocycles. The van der Waals surface area contributed by atoms with E-state index >= 15 is 0 Å². The van der Waals surface area contributed by atoms with E-state index in [1.807, 2.05) is 36.4 Å². The van der Waals surface area contributed by atoms with Crippen LogP contribution < -0.4 is 11.1 Å². The predicted octanol–water partition coefficient (Wildman–Crippen LogP) is 2.59. The zero-order valence-corrected chi connectivity index (χ0v) is 12.2. The van der Waals surface area contributed by atoms with E-state index in [-0.39, 0.29) is 5.91 Å². The predicted molar refractivity (Wildman–Crippen MR) is 85.5 cm³/mol. The second kappa shape index (κ2) is 6.02. The fourth-order valence-electron chi connectivity index (χ4n) is 2.33. The third kappa shape index (κ3) is 3.34. The summed E-state index contributed by atoms with van der Waals surface area (Å²) < 4.78 is 0. The van der Waals surface area contributed by atoms with Gasteiger partial charge in [0.05, 0.1) is 0 Å². The number of carbonyl (C=O) groups excluding carboxylic acids is 2. The Labute approximate surface area is 129 Å². The molecule has 0 saturated heterocycles. The number of hydrogen-bond acceptors (Lipinski definition) is 2. The van der Waals surface area contributed by atoms with E-state index in [2.05, 4.69) is 5.32 Å². The van der Waals surface area contributed by atoms with E-state index in [1.54, 1.807) is 12.1 Å². The minimum atomic E-state index is -0.445. The minimum absolute atomic E-state index is 0.0393. The van der Waals surface area contributed by atoms with E-state index < -0.39 is 5.91 Å².